The number of nitrogens with zero attached hydrogens (tertiary/aromatic N) is 1. The number of hydrogen-bond acceptors (Lipinski definition) is 3. The van der Waals surface area contributed by atoms with E-state index in [2.05, 4.69) is 0 Å². The predicted molar refractivity (Wildman–Crippen MR) is 79.7 cm³/mol. The number of ether oxygens (including phenoxy) is 1. The van der Waals surface area contributed by atoms with Gasteiger partial charge in [-0.15, -0.1) is 0 Å². The van der Waals surface area contributed by atoms with Crippen LogP contribution in [0.3, 0.4) is 0 Å². The van der Waals surface area contributed by atoms with Crippen LogP contribution in [0.5, 0.6) is 5.75 Å². The molecule has 0 saturated carbocycles. The molecule has 0 heterocycles. The fourth-order valence-corrected chi connectivity index (χ4v) is 2.32. The summed E-state index contributed by atoms with van der Waals surface area (Å²) in [6.45, 7) is 5.74. The van der Waals surface area contributed by atoms with Crippen LogP contribution in [0, 0.1) is 5.82 Å². The Bertz CT molecular complexity index is 449. The zero-order valence-electron chi connectivity index (χ0n) is 12.9. The monoisotopic (exact) mass is 297 g/mol. The lowest BCUT2D eigenvalue weighted by Gasteiger charge is -2.32. The third-order valence-corrected chi connectivity index (χ3v) is 3.50. The summed E-state index contributed by atoms with van der Waals surface area (Å²) in [5.41, 5.74) is 0. The van der Waals surface area contributed by atoms with E-state index in [1.54, 1.807) is 24.0 Å². The van der Waals surface area contributed by atoms with Crippen molar-refractivity contribution in [2.45, 2.75) is 45.8 Å². The Kier molecular flexibility index (Phi) is 7.15. The van der Waals surface area contributed by atoms with Gasteiger partial charge in [-0.25, -0.2) is 4.39 Å². The molecule has 0 bridgehead atoms. The van der Waals surface area contributed by atoms with Crippen LogP contribution in [0.15, 0.2) is 24.3 Å². The molecule has 1 atom stereocenters. The molecule has 1 unspecified atom stereocenters. The van der Waals surface area contributed by atoms with Crippen molar-refractivity contribution in [1.29, 1.82) is 0 Å². The molecule has 0 saturated heterocycles. The highest BCUT2D eigenvalue weighted by molar-refractivity contribution is 5.81. The Morgan fingerprint density at radius 3 is 2.48 bits per heavy atom. The number of amides is 1. The first-order chi connectivity index (χ1) is 10.0. The van der Waals surface area contributed by atoms with Crippen LogP contribution in [-0.2, 0) is 4.79 Å². The van der Waals surface area contributed by atoms with Crippen molar-refractivity contribution in [1.82, 2.24) is 4.90 Å². The van der Waals surface area contributed by atoms with Gasteiger partial charge in [0.15, 0.2) is 17.7 Å². The van der Waals surface area contributed by atoms with E-state index in [4.69, 9.17) is 9.84 Å². The van der Waals surface area contributed by atoms with Crippen LogP contribution >= 0.6 is 0 Å². The van der Waals surface area contributed by atoms with E-state index < -0.39 is 11.9 Å². The van der Waals surface area contributed by atoms with Crippen LogP contribution in [0.1, 0.15) is 33.6 Å². The first-order valence-electron chi connectivity index (χ1n) is 7.37. The third-order valence-electron chi connectivity index (χ3n) is 3.50. The second kappa shape index (κ2) is 8.62. The zero-order chi connectivity index (χ0) is 15.8. The highest BCUT2D eigenvalue weighted by atomic mass is 19.1. The molecule has 1 rings (SSSR count). The van der Waals surface area contributed by atoms with Gasteiger partial charge in [-0.05, 0) is 31.9 Å². The van der Waals surface area contributed by atoms with E-state index in [1.165, 1.54) is 12.1 Å². The van der Waals surface area contributed by atoms with Gasteiger partial charge in [0.25, 0.3) is 5.91 Å². The van der Waals surface area contributed by atoms with Crippen LogP contribution in [-0.4, -0.2) is 41.2 Å². The average molecular weight is 297 g/mol. The number of aliphatic hydroxyl groups excluding tert-OH is 1. The van der Waals surface area contributed by atoms with E-state index >= 15 is 0 Å². The quantitative estimate of drug-likeness (QED) is 0.802. The normalized spacial score (nSPS) is 12.3. The summed E-state index contributed by atoms with van der Waals surface area (Å²) >= 11 is 0. The molecule has 0 aliphatic rings. The summed E-state index contributed by atoms with van der Waals surface area (Å²) in [6, 6.07) is 6.06. The standard InChI is InChI=1S/C16H24FNO3/c1-4-13(5-2)18(10-11-19)16(20)12(3)21-15-9-7-6-8-14(15)17/h6-9,12-13,19H,4-5,10-11H2,1-3H3. The predicted octanol–water partition coefficient (Wildman–Crippen LogP) is 2.60. The van der Waals surface area contributed by atoms with Crippen molar-refractivity contribution in [2.75, 3.05) is 13.2 Å². The second-order valence-corrected chi connectivity index (χ2v) is 4.92. The molecule has 118 valence electrons. The Balaban J connectivity index is 2.80. The lowest BCUT2D eigenvalue weighted by Crippen LogP contribution is -2.47. The lowest BCUT2D eigenvalue weighted by molar-refractivity contribution is -0.141. The summed E-state index contributed by atoms with van der Waals surface area (Å²) in [6.07, 6.45) is 0.803. The molecular weight excluding hydrogens is 273 g/mol. The molecular formula is C16H24FNO3. The number of para-hydroxylation sites is 1. The number of hydrogen-bond donors (Lipinski definition) is 1. The fourth-order valence-electron chi connectivity index (χ4n) is 2.32. The topological polar surface area (TPSA) is 49.8 Å². The minimum atomic E-state index is -0.797. The highest BCUT2D eigenvalue weighted by Gasteiger charge is 2.26. The van der Waals surface area contributed by atoms with Gasteiger partial charge in [0.1, 0.15) is 0 Å². The maximum absolute atomic E-state index is 13.6. The number of aliphatic hydroxyl groups is 1. The molecule has 1 aromatic rings. The minimum Gasteiger partial charge on any atom is -0.478 e. The maximum atomic E-state index is 13.6. The van der Waals surface area contributed by atoms with Crippen LogP contribution in [0.2, 0.25) is 0 Å². The molecule has 0 aliphatic carbocycles. The average Bonchev–Trinajstić information content (AvgIpc) is 2.49. The van der Waals surface area contributed by atoms with E-state index in [-0.39, 0.29) is 30.9 Å². The summed E-state index contributed by atoms with van der Waals surface area (Å²) in [7, 11) is 0. The van der Waals surface area contributed by atoms with Crippen LogP contribution in [0.25, 0.3) is 0 Å². The molecule has 1 aromatic carbocycles. The molecule has 0 aliphatic heterocycles. The van der Waals surface area contributed by atoms with Crippen LogP contribution in [0.4, 0.5) is 4.39 Å². The van der Waals surface area contributed by atoms with Gasteiger partial charge in [-0.1, -0.05) is 26.0 Å². The molecule has 0 aromatic heterocycles. The van der Waals surface area contributed by atoms with Crippen LogP contribution < -0.4 is 4.74 Å². The van der Waals surface area contributed by atoms with Gasteiger partial charge in [-0.2, -0.15) is 0 Å². The molecule has 1 N–H and O–H groups in total. The second-order valence-electron chi connectivity index (χ2n) is 4.92. The van der Waals surface area contributed by atoms with Gasteiger partial charge in [0.2, 0.25) is 0 Å². The smallest absolute Gasteiger partial charge is 0.263 e. The largest absolute Gasteiger partial charge is 0.478 e. The molecule has 1 amide bonds. The maximum Gasteiger partial charge on any atom is 0.263 e. The van der Waals surface area contributed by atoms with E-state index in [0.29, 0.717) is 0 Å². The molecule has 0 fully saturated rings. The Hall–Kier alpha value is -1.62. The summed E-state index contributed by atoms with van der Waals surface area (Å²) < 4.78 is 19.0. The summed E-state index contributed by atoms with van der Waals surface area (Å²) in [5, 5.41) is 9.15. The van der Waals surface area contributed by atoms with Gasteiger partial charge in [-0.3, -0.25) is 4.79 Å². The first-order valence-corrected chi connectivity index (χ1v) is 7.37. The van der Waals surface area contributed by atoms with Gasteiger partial charge in [0.05, 0.1) is 6.61 Å². The van der Waals surface area contributed by atoms with Gasteiger partial charge >= 0.3 is 0 Å². The molecule has 0 spiro atoms. The lowest BCUT2D eigenvalue weighted by atomic mass is 10.1. The Morgan fingerprint density at radius 2 is 1.95 bits per heavy atom. The van der Waals surface area contributed by atoms with Crippen molar-refractivity contribution in [3.8, 4) is 5.75 Å². The first kappa shape index (κ1) is 17.4. The molecule has 5 heteroatoms. The van der Waals surface area contributed by atoms with Gasteiger partial charge < -0.3 is 14.7 Å². The van der Waals surface area contributed by atoms with E-state index in [0.717, 1.165) is 12.8 Å². The number of rotatable bonds is 8. The number of carbonyl (C=O) groups excluding carboxylic acids is 1. The molecule has 0 radical (unpaired) electrons. The number of benzene rings is 1. The third kappa shape index (κ3) is 4.70. The van der Waals surface area contributed by atoms with Crippen molar-refractivity contribution >= 4 is 5.91 Å². The van der Waals surface area contributed by atoms with E-state index in [9.17, 15) is 9.18 Å². The summed E-state index contributed by atoms with van der Waals surface area (Å²) in [4.78, 5) is 14.1. The zero-order valence-corrected chi connectivity index (χ0v) is 12.9. The minimum absolute atomic E-state index is 0.0521. The number of carbonyl (C=O) groups is 1. The van der Waals surface area contributed by atoms with Crippen molar-refractivity contribution < 1.29 is 19.0 Å². The van der Waals surface area contributed by atoms with Crippen molar-refractivity contribution in [3.63, 3.8) is 0 Å². The van der Waals surface area contributed by atoms with Gasteiger partial charge in [0, 0.05) is 12.6 Å². The molecule has 4 nitrogen and oxygen atoms in total. The fraction of sp³-hybridized carbons (Fsp3) is 0.562. The van der Waals surface area contributed by atoms with E-state index in [1.807, 2.05) is 13.8 Å². The molecule has 21 heavy (non-hydrogen) atoms. The Morgan fingerprint density at radius 1 is 1.33 bits per heavy atom. The van der Waals surface area contributed by atoms with Crippen molar-refractivity contribution in [2.24, 2.45) is 0 Å². The summed E-state index contributed by atoms with van der Waals surface area (Å²) in [5.74, 6) is -0.666. The highest BCUT2D eigenvalue weighted by Crippen LogP contribution is 2.19. The number of halogens is 1. The Labute approximate surface area is 125 Å². The van der Waals surface area contributed by atoms with Crippen molar-refractivity contribution in [3.05, 3.63) is 30.1 Å². The SMILES string of the molecule is CCC(CC)N(CCO)C(=O)C(C)Oc1ccccc1F.